The summed E-state index contributed by atoms with van der Waals surface area (Å²) in [7, 11) is 0. The van der Waals surface area contributed by atoms with Crippen LogP contribution in [0.4, 0.5) is 35.1 Å². The van der Waals surface area contributed by atoms with E-state index < -0.39 is 58.4 Å². The van der Waals surface area contributed by atoms with Crippen molar-refractivity contribution in [2.75, 3.05) is 0 Å². The van der Waals surface area contributed by atoms with Crippen LogP contribution in [0.25, 0.3) is 11.1 Å². The molecule has 1 atom stereocenters. The van der Waals surface area contributed by atoms with Crippen molar-refractivity contribution in [1.82, 2.24) is 0 Å². The van der Waals surface area contributed by atoms with Gasteiger partial charge in [-0.3, -0.25) is 0 Å². The predicted octanol–water partition coefficient (Wildman–Crippen LogP) is 5.17. The fourth-order valence-electron chi connectivity index (χ4n) is 3.07. The summed E-state index contributed by atoms with van der Waals surface area (Å²) in [6, 6.07) is 1.66. The molecule has 0 bridgehead atoms. The minimum atomic E-state index is -4.96. The van der Waals surface area contributed by atoms with Crippen LogP contribution in [-0.2, 0) is 0 Å². The first-order chi connectivity index (χ1) is 14.0. The van der Waals surface area contributed by atoms with E-state index in [-0.39, 0.29) is 10.8 Å². The molecular formula is C22H12F8. The Hall–Kier alpha value is -3.08. The second kappa shape index (κ2) is 7.98. The second-order valence-corrected chi connectivity index (χ2v) is 6.64. The average molecular weight is 428 g/mol. The Balaban J connectivity index is 2.13. The molecule has 30 heavy (non-hydrogen) atoms. The third-order valence-corrected chi connectivity index (χ3v) is 4.41. The van der Waals surface area contributed by atoms with Gasteiger partial charge in [0.15, 0.2) is 0 Å². The first-order valence-electron chi connectivity index (χ1n) is 8.55. The van der Waals surface area contributed by atoms with E-state index in [4.69, 9.17) is 0 Å². The van der Waals surface area contributed by atoms with Crippen molar-refractivity contribution in [1.29, 1.82) is 0 Å². The van der Waals surface area contributed by atoms with Crippen LogP contribution in [0, 0.1) is 23.5 Å². The zero-order chi connectivity index (χ0) is 22.2. The molecule has 0 amide bonds. The van der Waals surface area contributed by atoms with Crippen LogP contribution < -0.4 is 10.4 Å². The summed E-state index contributed by atoms with van der Waals surface area (Å²) in [4.78, 5) is 0. The lowest BCUT2D eigenvalue weighted by Gasteiger charge is -2.13. The van der Waals surface area contributed by atoms with Crippen molar-refractivity contribution in [3.8, 4) is 11.8 Å². The summed E-state index contributed by atoms with van der Waals surface area (Å²) < 4.78 is 108. The van der Waals surface area contributed by atoms with Gasteiger partial charge in [0.05, 0.1) is 5.57 Å². The standard InChI is InChI=1S/C22H12F8/c1-11-2-3-14(16(23)6-11)12-7-19(26)21(20(27)8-12)13-9-17(24)15(18(25)10-13)4-5-22(28,29)30/h2-3,6-9,16H,10H2,1H3. The van der Waals surface area contributed by atoms with Gasteiger partial charge in [-0.05, 0) is 47.6 Å². The molecule has 0 spiro atoms. The van der Waals surface area contributed by atoms with Crippen molar-refractivity contribution in [2.24, 2.45) is 0 Å². The fraction of sp³-hybridized carbons (Fsp3) is 0.182. The molecule has 0 saturated heterocycles. The van der Waals surface area contributed by atoms with Crippen LogP contribution in [0.5, 0.6) is 0 Å². The Morgan fingerprint density at radius 2 is 1.63 bits per heavy atom. The number of halogens is 8. The number of hydrogen-bond donors (Lipinski definition) is 0. The Morgan fingerprint density at radius 1 is 1.00 bits per heavy atom. The monoisotopic (exact) mass is 428 g/mol. The number of alkyl halides is 4. The summed E-state index contributed by atoms with van der Waals surface area (Å²) in [6.07, 6.45) is -2.68. The summed E-state index contributed by atoms with van der Waals surface area (Å²) in [5, 5.41) is -0.843. The molecule has 0 saturated carbocycles. The minimum Gasteiger partial charge on any atom is -0.238 e. The van der Waals surface area contributed by atoms with Gasteiger partial charge in [-0.15, -0.1) is 0 Å². The highest BCUT2D eigenvalue weighted by molar-refractivity contribution is 5.69. The fourth-order valence-corrected chi connectivity index (χ4v) is 3.07. The van der Waals surface area contributed by atoms with E-state index in [9.17, 15) is 35.1 Å². The van der Waals surface area contributed by atoms with E-state index in [2.05, 4.69) is 0 Å². The van der Waals surface area contributed by atoms with Crippen molar-refractivity contribution >= 4 is 11.1 Å². The van der Waals surface area contributed by atoms with Crippen LogP contribution in [0.1, 0.15) is 13.3 Å². The Labute approximate surface area is 165 Å². The lowest BCUT2D eigenvalue weighted by molar-refractivity contribution is -0.0696. The molecule has 0 radical (unpaired) electrons. The van der Waals surface area contributed by atoms with Gasteiger partial charge in [-0.25, -0.2) is 22.0 Å². The maximum atomic E-state index is 14.6. The van der Waals surface area contributed by atoms with E-state index >= 15 is 0 Å². The molecular weight excluding hydrogens is 416 g/mol. The maximum Gasteiger partial charge on any atom is 0.458 e. The minimum absolute atomic E-state index is 0.0103. The van der Waals surface area contributed by atoms with Gasteiger partial charge in [0.2, 0.25) is 0 Å². The van der Waals surface area contributed by atoms with Crippen molar-refractivity contribution in [3.63, 3.8) is 0 Å². The number of allylic oxidation sites excluding steroid dienone is 8. The molecule has 1 aromatic rings. The third kappa shape index (κ3) is 4.56. The highest BCUT2D eigenvalue weighted by atomic mass is 19.4. The topological polar surface area (TPSA) is 0 Å². The number of hydrogen-bond acceptors (Lipinski definition) is 0. The summed E-state index contributed by atoms with van der Waals surface area (Å²) in [5.41, 5.74) is -0.940. The van der Waals surface area contributed by atoms with E-state index in [1.54, 1.807) is 13.0 Å². The van der Waals surface area contributed by atoms with Gasteiger partial charge < -0.3 is 0 Å². The molecule has 0 fully saturated rings. The van der Waals surface area contributed by atoms with Gasteiger partial charge in [-0.1, -0.05) is 23.6 Å². The Kier molecular flexibility index (Phi) is 5.75. The molecule has 0 aliphatic heterocycles. The molecule has 8 heteroatoms. The first kappa shape index (κ1) is 21.6. The summed E-state index contributed by atoms with van der Waals surface area (Å²) in [6.45, 7) is 1.65. The van der Waals surface area contributed by atoms with Crippen molar-refractivity contribution < 1.29 is 35.1 Å². The molecule has 3 rings (SSSR count). The van der Waals surface area contributed by atoms with Gasteiger partial charge in [-0.2, -0.15) is 13.2 Å². The van der Waals surface area contributed by atoms with E-state index in [1.807, 2.05) is 0 Å². The largest absolute Gasteiger partial charge is 0.458 e. The van der Waals surface area contributed by atoms with Gasteiger partial charge >= 0.3 is 6.18 Å². The Bertz CT molecular complexity index is 1180. The first-order valence-corrected chi connectivity index (χ1v) is 8.55. The zero-order valence-corrected chi connectivity index (χ0v) is 15.3. The number of rotatable bonds is 0. The average Bonchev–Trinajstić information content (AvgIpc) is 2.59. The molecule has 156 valence electrons. The van der Waals surface area contributed by atoms with Crippen LogP contribution in [0.15, 0.2) is 59.2 Å². The molecule has 1 unspecified atom stereocenters. The Morgan fingerprint density at radius 3 is 2.17 bits per heavy atom. The van der Waals surface area contributed by atoms with Crippen molar-refractivity contribution in [3.05, 3.63) is 81.3 Å². The van der Waals surface area contributed by atoms with Gasteiger partial charge in [0.25, 0.3) is 0 Å². The predicted molar refractivity (Wildman–Crippen MR) is 96.0 cm³/mol. The second-order valence-electron chi connectivity index (χ2n) is 6.64. The van der Waals surface area contributed by atoms with Crippen molar-refractivity contribution in [2.45, 2.75) is 25.7 Å². The molecule has 0 aromatic heterocycles. The smallest absolute Gasteiger partial charge is 0.238 e. The lowest BCUT2D eigenvalue weighted by atomic mass is 9.96. The lowest BCUT2D eigenvalue weighted by Crippen LogP contribution is -2.25. The molecule has 2 aliphatic rings. The SMILES string of the molecule is CC1=CC(F)C(=c2cc(F)c(=C3C=C(F)C(C#CC(F)(F)F)=C(F)C3)c(F)c2)C=C1. The van der Waals surface area contributed by atoms with E-state index in [0.717, 1.165) is 18.1 Å². The summed E-state index contributed by atoms with van der Waals surface area (Å²) in [5.74, 6) is -3.17. The highest BCUT2D eigenvalue weighted by Gasteiger charge is 2.25. The van der Waals surface area contributed by atoms with Crippen LogP contribution in [-0.4, -0.2) is 12.3 Å². The van der Waals surface area contributed by atoms with E-state index in [1.165, 1.54) is 18.1 Å². The molecule has 0 nitrogen and oxygen atoms in total. The quantitative estimate of drug-likeness (QED) is 0.395. The highest BCUT2D eigenvalue weighted by Crippen LogP contribution is 2.31. The molecule has 1 aromatic carbocycles. The molecule has 0 N–H and O–H groups in total. The maximum absolute atomic E-state index is 14.6. The van der Waals surface area contributed by atoms with Gasteiger partial charge in [0, 0.05) is 17.6 Å². The van der Waals surface area contributed by atoms with Crippen LogP contribution in [0.3, 0.4) is 0 Å². The number of benzene rings is 1. The van der Waals surface area contributed by atoms with Crippen LogP contribution in [0.2, 0.25) is 0 Å². The molecule has 0 heterocycles. The zero-order valence-electron chi connectivity index (χ0n) is 15.3. The summed E-state index contributed by atoms with van der Waals surface area (Å²) >= 11 is 0. The van der Waals surface area contributed by atoms with Crippen LogP contribution >= 0.6 is 0 Å². The normalized spacial score (nSPS) is 19.4. The van der Waals surface area contributed by atoms with E-state index in [0.29, 0.717) is 11.6 Å². The third-order valence-electron chi connectivity index (χ3n) is 4.41. The molecule has 2 aliphatic carbocycles. The van der Waals surface area contributed by atoms with Gasteiger partial charge in [0.1, 0.15) is 29.5 Å².